The second-order valence-electron chi connectivity index (χ2n) is 24.7. The number of phosphoric ester groups is 1. The lowest BCUT2D eigenvalue weighted by molar-refractivity contribution is -0.870. The summed E-state index contributed by atoms with van der Waals surface area (Å²) in [6, 6.07) is -0.840. The molecule has 77 heavy (non-hydrogen) atoms. The van der Waals surface area contributed by atoms with Crippen LogP contribution < -0.4 is 5.32 Å². The zero-order chi connectivity index (χ0) is 56.4. The van der Waals surface area contributed by atoms with Gasteiger partial charge in [0, 0.05) is 12.8 Å². The molecule has 1 amide bonds. The maximum absolute atomic E-state index is 13.6. The normalized spacial score (nSPS) is 13.6. The van der Waals surface area contributed by atoms with Gasteiger partial charge in [-0.05, 0) is 31.8 Å². The molecule has 0 aromatic carbocycles. The van der Waals surface area contributed by atoms with Gasteiger partial charge in [0.05, 0.1) is 33.8 Å². The molecular weight excluding hydrogens is 976 g/mol. The van der Waals surface area contributed by atoms with Crippen LogP contribution in [-0.4, -0.2) is 74.3 Å². The number of quaternary nitrogens is 1. The summed E-state index contributed by atoms with van der Waals surface area (Å²) in [6.45, 7) is 7.08. The molecule has 0 bridgehead atoms. The third-order valence-electron chi connectivity index (χ3n) is 15.7. The van der Waals surface area contributed by atoms with Gasteiger partial charge in [0.1, 0.15) is 19.3 Å². The molecule has 0 aromatic rings. The minimum Gasteiger partial charge on any atom is -0.456 e. The van der Waals surface area contributed by atoms with Crippen molar-refractivity contribution in [2.75, 3.05) is 40.9 Å². The highest BCUT2D eigenvalue weighted by Crippen LogP contribution is 2.43. The summed E-state index contributed by atoms with van der Waals surface area (Å²) in [5.41, 5.74) is 0. The summed E-state index contributed by atoms with van der Waals surface area (Å²) in [6.07, 6.45) is 67.9. The first-order valence-corrected chi connectivity index (χ1v) is 35.5. The van der Waals surface area contributed by atoms with Crippen molar-refractivity contribution in [2.45, 2.75) is 367 Å². The maximum Gasteiger partial charge on any atom is 0.472 e. The van der Waals surface area contributed by atoms with Gasteiger partial charge in [-0.1, -0.05) is 322 Å². The number of allylic oxidation sites excluding steroid dienone is 1. The molecule has 2 N–H and O–H groups in total. The number of ether oxygens (including phenoxy) is 1. The van der Waals surface area contributed by atoms with Gasteiger partial charge in [0.2, 0.25) is 5.91 Å². The monoisotopic (exact) mass is 1110 g/mol. The van der Waals surface area contributed by atoms with Crippen molar-refractivity contribution in [3.8, 4) is 0 Å². The smallest absolute Gasteiger partial charge is 0.456 e. The molecule has 3 unspecified atom stereocenters. The van der Waals surface area contributed by atoms with E-state index in [2.05, 4.69) is 32.2 Å². The lowest BCUT2D eigenvalue weighted by atomic mass is 10.0. The number of likely N-dealkylation sites (N-methyl/N-ethyl adjacent to an activating group) is 1. The SMILES string of the molecule is CCCCCCCCCCCCC/C=C\C(OC(=O)CCCCCCCCCCCCCCCCCCCCCCCCC)C(COP(=O)(O)OCC[N+](C)(C)C)NC(=O)CCCCCCCCCCCCCCCCC. The van der Waals surface area contributed by atoms with Gasteiger partial charge >= 0.3 is 13.8 Å². The van der Waals surface area contributed by atoms with Crippen molar-refractivity contribution < 1.29 is 37.3 Å². The second kappa shape index (κ2) is 58.0. The van der Waals surface area contributed by atoms with Crippen LogP contribution in [0.2, 0.25) is 0 Å². The van der Waals surface area contributed by atoms with E-state index in [-0.39, 0.29) is 25.1 Å². The molecule has 3 atom stereocenters. The zero-order valence-corrected chi connectivity index (χ0v) is 53.4. The number of hydrogen-bond donors (Lipinski definition) is 2. The van der Waals surface area contributed by atoms with E-state index in [0.717, 1.165) is 57.8 Å². The van der Waals surface area contributed by atoms with E-state index in [4.69, 9.17) is 13.8 Å². The van der Waals surface area contributed by atoms with Crippen LogP contribution in [0.15, 0.2) is 12.2 Å². The van der Waals surface area contributed by atoms with E-state index in [9.17, 15) is 19.0 Å². The highest BCUT2D eigenvalue weighted by molar-refractivity contribution is 7.47. The van der Waals surface area contributed by atoms with Gasteiger partial charge in [-0.25, -0.2) is 4.57 Å². The summed E-state index contributed by atoms with van der Waals surface area (Å²) in [5, 5.41) is 3.07. The molecule has 9 nitrogen and oxygen atoms in total. The quantitative estimate of drug-likeness (QED) is 0.0205. The Morgan fingerprint density at radius 3 is 1.06 bits per heavy atom. The van der Waals surface area contributed by atoms with Crippen molar-refractivity contribution in [2.24, 2.45) is 0 Å². The van der Waals surface area contributed by atoms with Gasteiger partial charge in [0.25, 0.3) is 0 Å². The average Bonchev–Trinajstić information content (AvgIpc) is 3.39. The number of carbonyl (C=O) groups is 2. The average molecular weight is 1110 g/mol. The van der Waals surface area contributed by atoms with E-state index in [1.807, 2.05) is 27.2 Å². The van der Waals surface area contributed by atoms with Crippen LogP contribution in [0.1, 0.15) is 355 Å². The van der Waals surface area contributed by atoms with E-state index in [1.165, 1.54) is 263 Å². The number of hydrogen-bond acceptors (Lipinski definition) is 6. The van der Waals surface area contributed by atoms with E-state index >= 15 is 0 Å². The zero-order valence-electron chi connectivity index (χ0n) is 52.5. The summed E-state index contributed by atoms with van der Waals surface area (Å²) < 4.78 is 30.8. The molecule has 0 saturated heterocycles. The Hall–Kier alpha value is -1.25. The van der Waals surface area contributed by atoms with E-state index < -0.39 is 20.0 Å². The van der Waals surface area contributed by atoms with Crippen LogP contribution in [0.25, 0.3) is 0 Å². The van der Waals surface area contributed by atoms with Crippen LogP contribution in [0, 0.1) is 0 Å². The minimum atomic E-state index is -4.44. The van der Waals surface area contributed by atoms with Gasteiger partial charge in [-0.15, -0.1) is 0 Å². The Labute approximate surface area is 480 Å². The molecule has 0 aliphatic heterocycles. The molecule has 0 aliphatic rings. The van der Waals surface area contributed by atoms with Gasteiger partial charge in [-0.2, -0.15) is 0 Å². The lowest BCUT2D eigenvalue weighted by Gasteiger charge is -2.27. The molecule has 10 heteroatoms. The first-order valence-electron chi connectivity index (χ1n) is 34.0. The predicted molar refractivity (Wildman–Crippen MR) is 333 cm³/mol. The Kier molecular flexibility index (Phi) is 57.0. The third kappa shape index (κ3) is 59.2. The largest absolute Gasteiger partial charge is 0.472 e. The third-order valence-corrected chi connectivity index (χ3v) is 16.7. The standard InChI is InChI=1S/C67H133N2O7P/c1-7-10-13-16-19-22-25-28-30-31-32-33-34-35-36-37-39-42-45-48-51-54-57-60-67(71)76-65(58-55-52-49-46-43-40-27-24-21-18-15-12-9-3)64(63-75-77(72,73)74-62-61-69(4,5)6)68-66(70)59-56-53-50-47-44-41-38-29-26-23-20-17-14-11-8-2/h55,58,64-65H,7-54,56-57,59-63H2,1-6H3,(H-,68,70,72,73)/p+1/b58-55-. The Morgan fingerprint density at radius 2 is 0.740 bits per heavy atom. The number of nitrogens with one attached hydrogen (secondary N) is 1. The number of nitrogens with zero attached hydrogens (tertiary/aromatic N) is 1. The summed E-state index contributed by atoms with van der Waals surface area (Å²) >= 11 is 0. The van der Waals surface area contributed by atoms with Crippen molar-refractivity contribution in [3.05, 3.63) is 12.2 Å². The summed E-state index contributed by atoms with van der Waals surface area (Å²) in [5.74, 6) is -0.479. The predicted octanol–water partition coefficient (Wildman–Crippen LogP) is 21.1. The number of phosphoric acid groups is 1. The minimum absolute atomic E-state index is 0.0460. The van der Waals surface area contributed by atoms with Crippen molar-refractivity contribution in [1.29, 1.82) is 0 Å². The molecule has 458 valence electrons. The Bertz CT molecular complexity index is 1320. The molecule has 0 aromatic heterocycles. The fraction of sp³-hybridized carbons (Fsp3) is 0.940. The van der Waals surface area contributed by atoms with Crippen molar-refractivity contribution in [1.82, 2.24) is 5.32 Å². The van der Waals surface area contributed by atoms with Crippen LogP contribution >= 0.6 is 7.82 Å². The first kappa shape index (κ1) is 75.8. The molecule has 0 fully saturated rings. The Balaban J connectivity index is 5.09. The molecular formula is C67H134N2O7P+. The molecule has 0 radical (unpaired) electrons. The highest BCUT2D eigenvalue weighted by atomic mass is 31.2. The first-order chi connectivity index (χ1) is 37.4. The number of amides is 1. The van der Waals surface area contributed by atoms with Gasteiger partial charge in [0.15, 0.2) is 0 Å². The van der Waals surface area contributed by atoms with Crippen LogP contribution in [-0.2, 0) is 27.9 Å². The molecule has 0 saturated carbocycles. The summed E-state index contributed by atoms with van der Waals surface area (Å²) in [4.78, 5) is 37.8. The van der Waals surface area contributed by atoms with Crippen LogP contribution in [0.3, 0.4) is 0 Å². The second-order valence-corrected chi connectivity index (χ2v) is 26.2. The number of rotatable bonds is 63. The summed E-state index contributed by atoms with van der Waals surface area (Å²) in [7, 11) is 1.52. The Morgan fingerprint density at radius 1 is 0.442 bits per heavy atom. The number of carbonyl (C=O) groups excluding carboxylic acids is 2. The van der Waals surface area contributed by atoms with Gasteiger partial charge < -0.3 is 19.4 Å². The fourth-order valence-corrected chi connectivity index (χ4v) is 11.2. The van der Waals surface area contributed by atoms with Crippen LogP contribution in [0.5, 0.6) is 0 Å². The van der Waals surface area contributed by atoms with Crippen molar-refractivity contribution in [3.63, 3.8) is 0 Å². The van der Waals surface area contributed by atoms with Gasteiger partial charge in [-0.3, -0.25) is 18.6 Å². The molecule has 0 heterocycles. The fourth-order valence-electron chi connectivity index (χ4n) is 10.5. The molecule has 0 rings (SSSR count). The maximum atomic E-state index is 13.6. The molecule has 0 aliphatic carbocycles. The van der Waals surface area contributed by atoms with E-state index in [0.29, 0.717) is 23.9 Å². The number of unbranched alkanes of at least 4 members (excludes halogenated alkanes) is 47. The lowest BCUT2D eigenvalue weighted by Crippen LogP contribution is -2.47. The van der Waals surface area contributed by atoms with E-state index in [1.54, 1.807) is 0 Å². The highest BCUT2D eigenvalue weighted by Gasteiger charge is 2.30. The van der Waals surface area contributed by atoms with Crippen molar-refractivity contribution >= 4 is 19.7 Å². The molecule has 0 spiro atoms. The number of esters is 1. The van der Waals surface area contributed by atoms with Crippen LogP contribution in [0.4, 0.5) is 0 Å². The topological polar surface area (TPSA) is 111 Å².